The second-order valence-corrected chi connectivity index (χ2v) is 5.11. The summed E-state index contributed by atoms with van der Waals surface area (Å²) in [5.41, 5.74) is 0.861. The predicted molar refractivity (Wildman–Crippen MR) is 84.5 cm³/mol. The highest BCUT2D eigenvalue weighted by Crippen LogP contribution is 2.13. The standard InChI is InChI=1S/C16H20O4S/c1-2-19-16(18)13-21-11-10-20-15-8-5-7-14(12-15)6-3-4-9-17/h5,7-8,12,17H,2,4,9-11,13H2,1H3. The van der Waals surface area contributed by atoms with Gasteiger partial charge in [0.15, 0.2) is 0 Å². The highest BCUT2D eigenvalue weighted by atomic mass is 32.2. The molecule has 0 atom stereocenters. The van der Waals surface area contributed by atoms with Crippen molar-refractivity contribution >= 4 is 17.7 Å². The van der Waals surface area contributed by atoms with Gasteiger partial charge in [-0.15, -0.1) is 11.8 Å². The lowest BCUT2D eigenvalue weighted by molar-refractivity contribution is -0.139. The normalized spacial score (nSPS) is 9.62. The van der Waals surface area contributed by atoms with Gasteiger partial charge < -0.3 is 14.6 Å². The topological polar surface area (TPSA) is 55.8 Å². The van der Waals surface area contributed by atoms with Crippen LogP contribution < -0.4 is 4.74 Å². The zero-order valence-electron chi connectivity index (χ0n) is 12.1. The Labute approximate surface area is 129 Å². The zero-order valence-corrected chi connectivity index (χ0v) is 12.9. The Morgan fingerprint density at radius 3 is 3.05 bits per heavy atom. The number of ether oxygens (including phenoxy) is 2. The fourth-order valence-electron chi connectivity index (χ4n) is 1.46. The van der Waals surface area contributed by atoms with E-state index in [9.17, 15) is 4.79 Å². The van der Waals surface area contributed by atoms with E-state index in [2.05, 4.69) is 11.8 Å². The number of carbonyl (C=O) groups excluding carboxylic acids is 1. The predicted octanol–water partition coefficient (Wildman–Crippen LogP) is 2.10. The SMILES string of the molecule is CCOC(=O)CSCCOc1cccc(C#CCCO)c1. The highest BCUT2D eigenvalue weighted by Gasteiger charge is 2.01. The van der Waals surface area contributed by atoms with Crippen molar-refractivity contribution in [2.45, 2.75) is 13.3 Å². The molecule has 21 heavy (non-hydrogen) atoms. The van der Waals surface area contributed by atoms with Gasteiger partial charge in [0.05, 0.1) is 25.6 Å². The maximum atomic E-state index is 11.1. The molecule has 1 rings (SSSR count). The minimum atomic E-state index is -0.191. The van der Waals surface area contributed by atoms with Crippen LogP contribution in [0.2, 0.25) is 0 Å². The summed E-state index contributed by atoms with van der Waals surface area (Å²) < 4.78 is 10.4. The minimum Gasteiger partial charge on any atom is -0.493 e. The highest BCUT2D eigenvalue weighted by molar-refractivity contribution is 7.99. The number of rotatable bonds is 8. The molecule has 0 unspecified atom stereocenters. The second kappa shape index (κ2) is 11.1. The van der Waals surface area contributed by atoms with Gasteiger partial charge >= 0.3 is 5.97 Å². The largest absolute Gasteiger partial charge is 0.493 e. The van der Waals surface area contributed by atoms with Gasteiger partial charge in [-0.25, -0.2) is 0 Å². The lowest BCUT2D eigenvalue weighted by Gasteiger charge is -2.06. The number of hydrogen-bond donors (Lipinski definition) is 1. The fraction of sp³-hybridized carbons (Fsp3) is 0.438. The first kappa shape index (κ1) is 17.4. The Kier molecular flexibility index (Phi) is 9.18. The van der Waals surface area contributed by atoms with Crippen molar-refractivity contribution in [3.63, 3.8) is 0 Å². The first-order chi connectivity index (χ1) is 10.3. The smallest absolute Gasteiger partial charge is 0.315 e. The van der Waals surface area contributed by atoms with E-state index in [4.69, 9.17) is 14.6 Å². The maximum Gasteiger partial charge on any atom is 0.315 e. The Bertz CT molecular complexity index is 491. The Hall–Kier alpha value is -1.64. The average molecular weight is 308 g/mol. The molecule has 4 nitrogen and oxygen atoms in total. The van der Waals surface area contributed by atoms with Crippen LogP contribution in [-0.4, -0.2) is 42.4 Å². The number of benzene rings is 1. The Morgan fingerprint density at radius 1 is 1.43 bits per heavy atom. The number of carbonyl (C=O) groups is 1. The third-order valence-corrected chi connectivity index (χ3v) is 3.22. The van der Waals surface area contributed by atoms with Crippen LogP contribution in [0.15, 0.2) is 24.3 Å². The van der Waals surface area contributed by atoms with Crippen molar-refractivity contribution in [2.75, 3.05) is 31.3 Å². The molecule has 0 aromatic heterocycles. The lowest BCUT2D eigenvalue weighted by Crippen LogP contribution is -2.09. The second-order valence-electron chi connectivity index (χ2n) is 4.01. The van der Waals surface area contributed by atoms with Gasteiger partial charge in [-0.1, -0.05) is 17.9 Å². The molecule has 0 amide bonds. The van der Waals surface area contributed by atoms with Crippen LogP contribution in [0.1, 0.15) is 18.9 Å². The van der Waals surface area contributed by atoms with Crippen molar-refractivity contribution < 1.29 is 19.4 Å². The van der Waals surface area contributed by atoms with Crippen molar-refractivity contribution in [3.8, 4) is 17.6 Å². The summed E-state index contributed by atoms with van der Waals surface area (Å²) in [5.74, 6) is 7.46. The summed E-state index contributed by atoms with van der Waals surface area (Å²) in [6, 6.07) is 7.50. The summed E-state index contributed by atoms with van der Waals surface area (Å²) in [6.45, 7) is 2.81. The van der Waals surface area contributed by atoms with E-state index in [0.29, 0.717) is 25.4 Å². The molecular formula is C16H20O4S. The number of thioether (sulfide) groups is 1. The zero-order chi connectivity index (χ0) is 15.3. The first-order valence-electron chi connectivity index (χ1n) is 6.82. The van der Waals surface area contributed by atoms with Crippen LogP contribution in [-0.2, 0) is 9.53 Å². The summed E-state index contributed by atoms with van der Waals surface area (Å²) in [6.07, 6.45) is 0.468. The third-order valence-electron chi connectivity index (χ3n) is 2.33. The molecule has 0 bridgehead atoms. The molecule has 0 heterocycles. The van der Waals surface area contributed by atoms with Gasteiger partial charge in [-0.05, 0) is 25.1 Å². The molecule has 0 aliphatic carbocycles. The minimum absolute atomic E-state index is 0.0703. The number of aliphatic hydroxyl groups excluding tert-OH is 1. The van der Waals surface area contributed by atoms with Crippen molar-refractivity contribution in [2.24, 2.45) is 0 Å². The number of aliphatic hydroxyl groups is 1. The first-order valence-corrected chi connectivity index (χ1v) is 7.97. The van der Waals surface area contributed by atoms with E-state index in [1.807, 2.05) is 24.3 Å². The summed E-state index contributed by atoms with van der Waals surface area (Å²) in [7, 11) is 0. The summed E-state index contributed by atoms with van der Waals surface area (Å²) in [4.78, 5) is 11.1. The Balaban J connectivity index is 2.28. The van der Waals surface area contributed by atoms with Crippen molar-refractivity contribution in [1.82, 2.24) is 0 Å². The molecule has 114 valence electrons. The fourth-order valence-corrected chi connectivity index (χ4v) is 2.06. The molecule has 1 aromatic carbocycles. The van der Waals surface area contributed by atoms with E-state index >= 15 is 0 Å². The van der Waals surface area contributed by atoms with Crippen molar-refractivity contribution in [3.05, 3.63) is 29.8 Å². The average Bonchev–Trinajstić information content (AvgIpc) is 2.48. The van der Waals surface area contributed by atoms with E-state index in [1.165, 1.54) is 11.8 Å². The monoisotopic (exact) mass is 308 g/mol. The Morgan fingerprint density at radius 2 is 2.29 bits per heavy atom. The molecule has 5 heteroatoms. The van der Waals surface area contributed by atoms with E-state index in [0.717, 1.165) is 17.1 Å². The van der Waals surface area contributed by atoms with Gasteiger partial charge in [0.2, 0.25) is 0 Å². The van der Waals surface area contributed by atoms with Crippen LogP contribution in [0.3, 0.4) is 0 Å². The molecule has 0 fully saturated rings. The van der Waals surface area contributed by atoms with Crippen molar-refractivity contribution in [1.29, 1.82) is 0 Å². The number of hydrogen-bond acceptors (Lipinski definition) is 5. The molecule has 0 radical (unpaired) electrons. The summed E-state index contributed by atoms with van der Waals surface area (Å²) >= 11 is 1.49. The molecule has 0 saturated carbocycles. The maximum absolute atomic E-state index is 11.1. The van der Waals surface area contributed by atoms with Gasteiger partial charge in [0.1, 0.15) is 5.75 Å². The van der Waals surface area contributed by atoms with Gasteiger partial charge in [0, 0.05) is 17.7 Å². The molecule has 1 aromatic rings. The molecular weight excluding hydrogens is 288 g/mol. The van der Waals surface area contributed by atoms with E-state index in [-0.39, 0.29) is 12.6 Å². The van der Waals surface area contributed by atoms with E-state index in [1.54, 1.807) is 6.92 Å². The molecule has 0 saturated heterocycles. The molecule has 1 N–H and O–H groups in total. The van der Waals surface area contributed by atoms with Crippen LogP contribution in [0, 0.1) is 11.8 Å². The quantitative estimate of drug-likeness (QED) is 0.453. The van der Waals surface area contributed by atoms with Crippen LogP contribution in [0.5, 0.6) is 5.75 Å². The number of esters is 1. The van der Waals surface area contributed by atoms with Crippen LogP contribution in [0.25, 0.3) is 0 Å². The van der Waals surface area contributed by atoms with Gasteiger partial charge in [-0.2, -0.15) is 0 Å². The van der Waals surface area contributed by atoms with E-state index < -0.39 is 0 Å². The molecule has 0 aliphatic heterocycles. The third kappa shape index (κ3) is 8.28. The van der Waals surface area contributed by atoms with Gasteiger partial charge in [0.25, 0.3) is 0 Å². The molecule has 0 spiro atoms. The lowest BCUT2D eigenvalue weighted by atomic mass is 10.2. The summed E-state index contributed by atoms with van der Waals surface area (Å²) in [5, 5.41) is 8.68. The van der Waals surface area contributed by atoms with Gasteiger partial charge in [-0.3, -0.25) is 4.79 Å². The molecule has 0 aliphatic rings. The van der Waals surface area contributed by atoms with Crippen LogP contribution >= 0.6 is 11.8 Å². The van der Waals surface area contributed by atoms with Crippen LogP contribution in [0.4, 0.5) is 0 Å².